The third-order valence-corrected chi connectivity index (χ3v) is 4.14. The quantitative estimate of drug-likeness (QED) is 0.834. The molecule has 6 heteroatoms. The second-order valence-corrected chi connectivity index (χ2v) is 7.38. The molecule has 0 saturated heterocycles. The minimum absolute atomic E-state index is 0.0271. The molecule has 1 unspecified atom stereocenters. The van der Waals surface area contributed by atoms with Gasteiger partial charge in [0, 0.05) is 0 Å². The highest BCUT2D eigenvalue weighted by molar-refractivity contribution is 5.70. The van der Waals surface area contributed by atoms with E-state index in [9.17, 15) is 9.90 Å². The SMILES string of the molecule is [C-]#[N+]CC1(N(CC(O)c2cccc(C#N)c2)C(=O)OC(C)(C)C)CC1. The van der Waals surface area contributed by atoms with Crippen molar-refractivity contribution in [1.82, 2.24) is 4.90 Å². The number of carbonyl (C=O) groups is 1. The van der Waals surface area contributed by atoms with Crippen LogP contribution in [0.4, 0.5) is 4.79 Å². The first-order valence-corrected chi connectivity index (χ1v) is 8.23. The largest absolute Gasteiger partial charge is 0.444 e. The number of nitriles is 1. The van der Waals surface area contributed by atoms with Gasteiger partial charge in [-0.1, -0.05) is 12.1 Å². The van der Waals surface area contributed by atoms with Crippen molar-refractivity contribution in [2.75, 3.05) is 13.1 Å². The van der Waals surface area contributed by atoms with Gasteiger partial charge in [-0.3, -0.25) is 4.90 Å². The van der Waals surface area contributed by atoms with Crippen LogP contribution in [0.15, 0.2) is 24.3 Å². The number of hydrogen-bond acceptors (Lipinski definition) is 4. The zero-order valence-electron chi connectivity index (χ0n) is 14.8. The minimum atomic E-state index is -0.955. The molecule has 1 aliphatic rings. The average Bonchev–Trinajstić information content (AvgIpc) is 3.31. The van der Waals surface area contributed by atoms with E-state index in [1.165, 1.54) is 4.90 Å². The minimum Gasteiger partial charge on any atom is -0.444 e. The second-order valence-electron chi connectivity index (χ2n) is 7.38. The molecule has 0 aromatic heterocycles. The van der Waals surface area contributed by atoms with Crippen LogP contribution in [0.25, 0.3) is 4.85 Å². The molecule has 1 N–H and O–H groups in total. The Kier molecular flexibility index (Phi) is 5.35. The van der Waals surface area contributed by atoms with Crippen molar-refractivity contribution in [3.05, 3.63) is 46.8 Å². The number of benzene rings is 1. The molecular formula is C19H23N3O3. The third-order valence-electron chi connectivity index (χ3n) is 4.14. The lowest BCUT2D eigenvalue weighted by Crippen LogP contribution is -2.48. The molecule has 1 aromatic carbocycles. The van der Waals surface area contributed by atoms with Crippen LogP contribution in [0.5, 0.6) is 0 Å². The monoisotopic (exact) mass is 341 g/mol. The van der Waals surface area contributed by atoms with Gasteiger partial charge in [0.05, 0.1) is 24.3 Å². The predicted octanol–water partition coefficient (Wildman–Crippen LogP) is 3.28. The summed E-state index contributed by atoms with van der Waals surface area (Å²) in [4.78, 5) is 17.6. The number of rotatable bonds is 5. The summed E-state index contributed by atoms with van der Waals surface area (Å²) in [6.07, 6.45) is -0.0349. The van der Waals surface area contributed by atoms with Gasteiger partial charge in [-0.15, -0.1) is 0 Å². The van der Waals surface area contributed by atoms with Crippen LogP contribution in [0, 0.1) is 17.9 Å². The van der Waals surface area contributed by atoms with Crippen LogP contribution in [0.1, 0.15) is 50.8 Å². The molecule has 132 valence electrons. The molecule has 2 rings (SSSR count). The van der Waals surface area contributed by atoms with E-state index in [2.05, 4.69) is 4.85 Å². The van der Waals surface area contributed by atoms with Gasteiger partial charge in [0.1, 0.15) is 11.1 Å². The molecule has 1 atom stereocenters. The Hall–Kier alpha value is -2.57. The Morgan fingerprint density at radius 1 is 1.52 bits per heavy atom. The third kappa shape index (κ3) is 4.71. The molecule has 6 nitrogen and oxygen atoms in total. The van der Waals surface area contributed by atoms with Crippen molar-refractivity contribution in [3.63, 3.8) is 0 Å². The van der Waals surface area contributed by atoms with Gasteiger partial charge in [0.15, 0.2) is 0 Å². The summed E-state index contributed by atoms with van der Waals surface area (Å²) < 4.78 is 5.47. The average molecular weight is 341 g/mol. The first-order valence-electron chi connectivity index (χ1n) is 8.23. The Labute approximate surface area is 148 Å². The number of aliphatic hydroxyl groups is 1. The highest BCUT2D eigenvalue weighted by atomic mass is 16.6. The lowest BCUT2D eigenvalue weighted by molar-refractivity contribution is 0.00166. The number of nitrogens with zero attached hydrogens (tertiary/aromatic N) is 3. The standard InChI is InChI=1S/C19H23N3O3/c1-18(2,3)25-17(24)22(19(8-9-19)13-21-4)12-16(23)15-7-5-6-14(10-15)11-20/h5-7,10,16,23H,8-9,12-13H2,1-3H3. The first-order chi connectivity index (χ1) is 11.7. The van der Waals surface area contributed by atoms with E-state index >= 15 is 0 Å². The summed E-state index contributed by atoms with van der Waals surface area (Å²) in [5, 5.41) is 19.6. The number of carbonyl (C=O) groups excluding carboxylic acids is 1. The summed E-state index contributed by atoms with van der Waals surface area (Å²) in [5.74, 6) is 0. The van der Waals surface area contributed by atoms with E-state index in [4.69, 9.17) is 16.6 Å². The van der Waals surface area contributed by atoms with Crippen molar-refractivity contribution >= 4 is 6.09 Å². The molecule has 1 saturated carbocycles. The van der Waals surface area contributed by atoms with Crippen molar-refractivity contribution in [3.8, 4) is 6.07 Å². The molecule has 0 bridgehead atoms. The number of ether oxygens (including phenoxy) is 1. The van der Waals surface area contributed by atoms with Gasteiger partial charge in [-0.2, -0.15) is 5.26 Å². The maximum Gasteiger partial charge on any atom is 0.411 e. The van der Waals surface area contributed by atoms with E-state index in [0.717, 1.165) is 12.8 Å². The molecule has 0 heterocycles. The smallest absolute Gasteiger partial charge is 0.411 e. The van der Waals surface area contributed by atoms with Crippen LogP contribution in [0.3, 0.4) is 0 Å². The van der Waals surface area contributed by atoms with E-state index in [-0.39, 0.29) is 13.1 Å². The van der Waals surface area contributed by atoms with Gasteiger partial charge in [0.2, 0.25) is 6.54 Å². The molecule has 0 radical (unpaired) electrons. The maximum absolute atomic E-state index is 12.6. The Bertz CT molecular complexity index is 721. The van der Waals surface area contributed by atoms with Gasteiger partial charge in [-0.05, 0) is 51.3 Å². The lowest BCUT2D eigenvalue weighted by Gasteiger charge is -2.33. The molecular weight excluding hydrogens is 318 g/mol. The van der Waals surface area contributed by atoms with E-state index < -0.39 is 23.3 Å². The molecule has 1 aliphatic carbocycles. The van der Waals surface area contributed by atoms with Gasteiger partial charge < -0.3 is 14.7 Å². The molecule has 1 amide bonds. The van der Waals surface area contributed by atoms with Crippen LogP contribution in [-0.2, 0) is 4.74 Å². The van der Waals surface area contributed by atoms with E-state index in [1.807, 2.05) is 6.07 Å². The lowest BCUT2D eigenvalue weighted by atomic mass is 10.1. The van der Waals surface area contributed by atoms with Crippen molar-refractivity contribution in [2.24, 2.45) is 0 Å². The summed E-state index contributed by atoms with van der Waals surface area (Å²) in [6, 6.07) is 8.71. The van der Waals surface area contributed by atoms with Crippen molar-refractivity contribution in [1.29, 1.82) is 5.26 Å². The number of aliphatic hydroxyl groups excluding tert-OH is 1. The topological polar surface area (TPSA) is 77.9 Å². The van der Waals surface area contributed by atoms with Gasteiger partial charge in [0.25, 0.3) is 0 Å². The normalized spacial score (nSPS) is 16.2. The Balaban J connectivity index is 2.22. The zero-order valence-corrected chi connectivity index (χ0v) is 14.8. The summed E-state index contributed by atoms with van der Waals surface area (Å²) in [6.45, 7) is 12.7. The Morgan fingerprint density at radius 3 is 2.72 bits per heavy atom. The van der Waals surface area contributed by atoms with Crippen LogP contribution in [-0.4, -0.2) is 40.3 Å². The van der Waals surface area contributed by atoms with Crippen LogP contribution in [0.2, 0.25) is 0 Å². The highest BCUT2D eigenvalue weighted by Gasteiger charge is 2.54. The van der Waals surface area contributed by atoms with E-state index in [1.54, 1.807) is 45.0 Å². The summed E-state index contributed by atoms with van der Waals surface area (Å²) in [5.41, 5.74) is -0.207. The maximum atomic E-state index is 12.6. The number of amides is 1. The summed E-state index contributed by atoms with van der Waals surface area (Å²) in [7, 11) is 0. The van der Waals surface area contributed by atoms with Gasteiger partial charge >= 0.3 is 6.09 Å². The summed E-state index contributed by atoms with van der Waals surface area (Å²) >= 11 is 0. The second kappa shape index (κ2) is 7.13. The fraction of sp³-hybridized carbons (Fsp3) is 0.526. The Morgan fingerprint density at radius 2 is 2.20 bits per heavy atom. The van der Waals surface area contributed by atoms with Gasteiger partial charge in [-0.25, -0.2) is 11.4 Å². The first kappa shape index (κ1) is 18.8. The number of hydrogen-bond donors (Lipinski definition) is 1. The van der Waals surface area contributed by atoms with E-state index in [0.29, 0.717) is 11.1 Å². The van der Waals surface area contributed by atoms with Crippen molar-refractivity contribution in [2.45, 2.75) is 50.9 Å². The van der Waals surface area contributed by atoms with Crippen LogP contribution >= 0.6 is 0 Å². The van der Waals surface area contributed by atoms with Crippen molar-refractivity contribution < 1.29 is 14.6 Å². The molecule has 0 aliphatic heterocycles. The fourth-order valence-electron chi connectivity index (χ4n) is 2.68. The molecule has 1 fully saturated rings. The van der Waals surface area contributed by atoms with Crippen LogP contribution < -0.4 is 0 Å². The predicted molar refractivity (Wildman–Crippen MR) is 92.5 cm³/mol. The zero-order chi connectivity index (χ0) is 18.7. The molecule has 0 spiro atoms. The highest BCUT2D eigenvalue weighted by Crippen LogP contribution is 2.43. The fourth-order valence-corrected chi connectivity index (χ4v) is 2.68. The number of β-amino-alcohol motifs (C(OH)–C–C–N with tert-alkyl or cyclic N) is 1. The molecule has 25 heavy (non-hydrogen) atoms. The molecule has 1 aromatic rings.